The van der Waals surface area contributed by atoms with E-state index in [9.17, 15) is 0 Å². The van der Waals surface area contributed by atoms with Crippen molar-refractivity contribution in [3.63, 3.8) is 0 Å². The molecule has 10 atom stereocenters. The van der Waals surface area contributed by atoms with E-state index in [1.807, 2.05) is 0 Å². The smallest absolute Gasteiger partial charge is 0.153 e. The molecule has 0 saturated heterocycles. The molecule has 0 N–H and O–H groups in total. The van der Waals surface area contributed by atoms with Crippen LogP contribution in [0.15, 0.2) is 23.3 Å². The third kappa shape index (κ3) is 2.14. The molecule has 4 bridgehead atoms. The van der Waals surface area contributed by atoms with Gasteiger partial charge in [-0.3, -0.25) is 4.79 Å². The average molecular weight is 463 g/mol. The van der Waals surface area contributed by atoms with E-state index >= 15 is 4.79 Å². The maximum atomic E-state index is 15.5. The topological polar surface area (TPSA) is 17.1 Å². The van der Waals surface area contributed by atoms with Crippen LogP contribution in [0.3, 0.4) is 0 Å². The predicted molar refractivity (Wildman–Crippen MR) is 141 cm³/mol. The first-order valence-electron chi connectivity index (χ1n) is 14.5. The second-order valence-corrected chi connectivity index (χ2v) is 15.8. The van der Waals surface area contributed by atoms with Crippen LogP contribution in [-0.2, 0) is 4.79 Å². The standard InChI is InChI=1S/C33H50O/c1-19-11-13-32-17-23(19)28(5,6)25(32)15-21(3)30(32,9)27(34)31(10)22(4)16-26-29(7,8)24-18-33(26,31)14-12-20(24)2/h15-16,19-20,23-26H,11-14,17-18H2,1-10H3/t19-,20-,23+,24+,25+,26+,30-,31-,32-,33-/m1/s1. The van der Waals surface area contributed by atoms with Crippen molar-refractivity contribution >= 4 is 5.78 Å². The normalized spacial score (nSPS) is 56.1. The van der Waals surface area contributed by atoms with Gasteiger partial charge in [0, 0.05) is 0 Å². The van der Waals surface area contributed by atoms with E-state index in [-0.39, 0.29) is 32.5 Å². The van der Waals surface area contributed by atoms with Crippen molar-refractivity contribution < 1.29 is 4.79 Å². The SMILES string of the molecule is CC1=C[C@H]2C(C)(C)[C@H]3C[C@@]2(CC[C@H]3C)[C@@]1(C)C(=O)[C@@]1(C)C(C)=C[C@H]2C(C)(C)[C@H]3C[C@]21CC[C@H]3C. The summed E-state index contributed by atoms with van der Waals surface area (Å²) in [5, 5.41) is 0. The Kier molecular flexibility index (Phi) is 4.39. The van der Waals surface area contributed by atoms with Crippen molar-refractivity contribution in [1.29, 1.82) is 0 Å². The van der Waals surface area contributed by atoms with Crippen LogP contribution < -0.4 is 0 Å². The summed E-state index contributed by atoms with van der Waals surface area (Å²) < 4.78 is 0. The molecule has 6 aliphatic carbocycles. The summed E-state index contributed by atoms with van der Waals surface area (Å²) in [5.74, 6) is 4.74. The van der Waals surface area contributed by atoms with Gasteiger partial charge in [-0.05, 0) is 123 Å². The second kappa shape index (κ2) is 6.34. The highest BCUT2D eigenvalue weighted by molar-refractivity contribution is 5.98. The summed E-state index contributed by atoms with van der Waals surface area (Å²) in [6.45, 7) is 24.5. The molecule has 6 rings (SSSR count). The number of allylic oxidation sites excluding steroid dienone is 4. The van der Waals surface area contributed by atoms with E-state index < -0.39 is 0 Å². The lowest BCUT2D eigenvalue weighted by Gasteiger charge is -2.55. The molecule has 0 radical (unpaired) electrons. The summed E-state index contributed by atoms with van der Waals surface area (Å²) in [5.41, 5.74) is 2.97. The van der Waals surface area contributed by atoms with Crippen LogP contribution in [0, 0.1) is 68.0 Å². The Morgan fingerprint density at radius 2 is 1.06 bits per heavy atom. The zero-order chi connectivity index (χ0) is 24.9. The van der Waals surface area contributed by atoms with Crippen LogP contribution in [-0.4, -0.2) is 5.78 Å². The maximum Gasteiger partial charge on any atom is 0.153 e. The van der Waals surface area contributed by atoms with Gasteiger partial charge in [-0.25, -0.2) is 0 Å². The number of hydrogen-bond donors (Lipinski definition) is 0. The highest BCUT2D eigenvalue weighted by Crippen LogP contribution is 2.80. The molecule has 0 amide bonds. The molecule has 0 aromatic carbocycles. The molecule has 4 fully saturated rings. The molecule has 6 aliphatic rings. The quantitative estimate of drug-likeness (QED) is 0.375. The molecule has 0 aromatic heterocycles. The minimum absolute atomic E-state index is 0.127. The Morgan fingerprint density at radius 1 is 0.706 bits per heavy atom. The molecule has 1 nitrogen and oxygen atoms in total. The van der Waals surface area contributed by atoms with E-state index in [2.05, 4.69) is 81.4 Å². The molecular weight excluding hydrogens is 412 g/mol. The number of ketones is 1. The number of carbonyl (C=O) groups is 1. The third-order valence-electron chi connectivity index (χ3n) is 14.6. The van der Waals surface area contributed by atoms with Crippen LogP contribution in [0.5, 0.6) is 0 Å². The van der Waals surface area contributed by atoms with E-state index in [1.54, 1.807) is 0 Å². The van der Waals surface area contributed by atoms with Crippen LogP contribution in [0.25, 0.3) is 0 Å². The molecule has 4 saturated carbocycles. The Morgan fingerprint density at radius 3 is 1.41 bits per heavy atom. The fourth-order valence-corrected chi connectivity index (χ4v) is 12.4. The van der Waals surface area contributed by atoms with E-state index in [1.165, 1.54) is 49.7 Å². The minimum atomic E-state index is -0.331. The van der Waals surface area contributed by atoms with Crippen LogP contribution >= 0.6 is 0 Å². The number of hydrogen-bond acceptors (Lipinski definition) is 1. The number of rotatable bonds is 2. The third-order valence-corrected chi connectivity index (χ3v) is 14.6. The fraction of sp³-hybridized carbons (Fsp3) is 0.848. The predicted octanol–water partition coefficient (Wildman–Crippen LogP) is 8.65. The Balaban J connectivity index is 1.50. The lowest BCUT2D eigenvalue weighted by molar-refractivity contribution is -0.151. The van der Waals surface area contributed by atoms with Crippen molar-refractivity contribution in [2.75, 3.05) is 0 Å². The van der Waals surface area contributed by atoms with Gasteiger partial charge in [-0.1, -0.05) is 64.8 Å². The maximum absolute atomic E-state index is 15.5. The Hall–Kier alpha value is -0.850. The molecule has 34 heavy (non-hydrogen) atoms. The van der Waals surface area contributed by atoms with Crippen molar-refractivity contribution in [2.24, 2.45) is 68.0 Å². The first-order chi connectivity index (χ1) is 15.6. The zero-order valence-electron chi connectivity index (χ0n) is 23.8. The van der Waals surface area contributed by atoms with Gasteiger partial charge in [0.15, 0.2) is 5.78 Å². The monoisotopic (exact) mass is 462 g/mol. The van der Waals surface area contributed by atoms with Crippen LogP contribution in [0.2, 0.25) is 0 Å². The van der Waals surface area contributed by atoms with Gasteiger partial charge in [-0.2, -0.15) is 0 Å². The summed E-state index contributed by atoms with van der Waals surface area (Å²) in [7, 11) is 0. The molecule has 2 spiro atoms. The highest BCUT2D eigenvalue weighted by Gasteiger charge is 2.77. The summed E-state index contributed by atoms with van der Waals surface area (Å²) >= 11 is 0. The van der Waals surface area contributed by atoms with Gasteiger partial charge < -0.3 is 0 Å². The lowest BCUT2D eigenvalue weighted by Crippen LogP contribution is -2.57. The molecule has 1 heteroatoms. The van der Waals surface area contributed by atoms with Crippen LogP contribution in [0.4, 0.5) is 0 Å². The molecule has 0 aromatic rings. The van der Waals surface area contributed by atoms with Crippen molar-refractivity contribution in [3.05, 3.63) is 23.3 Å². The average Bonchev–Trinajstić information content (AvgIpc) is 3.29. The highest BCUT2D eigenvalue weighted by atomic mass is 16.1. The van der Waals surface area contributed by atoms with Gasteiger partial charge in [-0.15, -0.1) is 0 Å². The minimum Gasteiger partial charge on any atom is -0.298 e. The molecule has 0 aliphatic heterocycles. The molecular formula is C33H50O. The first kappa shape index (κ1) is 23.5. The Labute approximate surface area is 209 Å². The summed E-state index contributed by atoms with van der Waals surface area (Å²) in [4.78, 5) is 15.5. The van der Waals surface area contributed by atoms with Gasteiger partial charge >= 0.3 is 0 Å². The molecule has 188 valence electrons. The fourth-order valence-electron chi connectivity index (χ4n) is 12.4. The van der Waals surface area contributed by atoms with Gasteiger partial charge in [0.05, 0.1) is 10.8 Å². The van der Waals surface area contributed by atoms with Gasteiger partial charge in [0.25, 0.3) is 0 Å². The largest absolute Gasteiger partial charge is 0.298 e. The van der Waals surface area contributed by atoms with E-state index in [0.717, 1.165) is 23.7 Å². The van der Waals surface area contributed by atoms with Gasteiger partial charge in [0.2, 0.25) is 0 Å². The summed E-state index contributed by atoms with van der Waals surface area (Å²) in [6, 6.07) is 0. The van der Waals surface area contributed by atoms with Gasteiger partial charge in [0.1, 0.15) is 0 Å². The van der Waals surface area contributed by atoms with Crippen molar-refractivity contribution in [1.82, 2.24) is 0 Å². The summed E-state index contributed by atoms with van der Waals surface area (Å²) in [6.07, 6.45) is 12.8. The Bertz CT molecular complexity index is 945. The van der Waals surface area contributed by atoms with E-state index in [4.69, 9.17) is 0 Å². The van der Waals surface area contributed by atoms with E-state index in [0.29, 0.717) is 17.6 Å². The van der Waals surface area contributed by atoms with Crippen LogP contribution in [0.1, 0.15) is 108 Å². The number of carbonyl (C=O) groups excluding carboxylic acids is 1. The second-order valence-electron chi connectivity index (χ2n) is 15.8. The first-order valence-corrected chi connectivity index (χ1v) is 14.5. The van der Waals surface area contributed by atoms with Crippen molar-refractivity contribution in [2.45, 2.75) is 108 Å². The number of Topliss-reactive ketones (excluding diaryl/α,β-unsaturated/α-hetero) is 1. The molecule has 0 heterocycles. The van der Waals surface area contributed by atoms with Crippen molar-refractivity contribution in [3.8, 4) is 0 Å². The zero-order valence-corrected chi connectivity index (χ0v) is 23.8. The number of fused-ring (bicyclic) bond motifs is 2. The molecule has 0 unspecified atom stereocenters. The lowest BCUT2D eigenvalue weighted by atomic mass is 9.46.